The molecular weight excluding hydrogens is 139 g/mol. The molecule has 0 amide bonds. The van der Waals surface area contributed by atoms with E-state index >= 15 is 0 Å². The number of hydrogen-bond acceptors (Lipinski definition) is 3. The summed E-state index contributed by atoms with van der Waals surface area (Å²) in [4.78, 5) is 0. The summed E-state index contributed by atoms with van der Waals surface area (Å²) in [5, 5.41) is 3.17. The minimum Gasteiger partial charge on any atom is -0.427 e. The SMILES string of the molecule is CO[B]NC1CCCC(N)C1. The fourth-order valence-electron chi connectivity index (χ4n) is 1.54. The quantitative estimate of drug-likeness (QED) is 0.565. The van der Waals surface area contributed by atoms with Gasteiger partial charge in [-0.2, -0.15) is 0 Å². The summed E-state index contributed by atoms with van der Waals surface area (Å²) < 4.78 is 4.80. The van der Waals surface area contributed by atoms with E-state index in [0.717, 1.165) is 6.42 Å². The molecule has 1 aliphatic rings. The number of hydrogen-bond donors (Lipinski definition) is 2. The van der Waals surface area contributed by atoms with E-state index in [2.05, 4.69) is 5.23 Å². The maximum atomic E-state index is 5.80. The van der Waals surface area contributed by atoms with Crippen molar-refractivity contribution in [2.45, 2.75) is 37.8 Å². The molecule has 3 N–H and O–H groups in total. The van der Waals surface area contributed by atoms with Crippen LogP contribution in [-0.4, -0.2) is 26.8 Å². The lowest BCUT2D eigenvalue weighted by atomic mass is 9.90. The summed E-state index contributed by atoms with van der Waals surface area (Å²) in [5.41, 5.74) is 5.80. The summed E-state index contributed by atoms with van der Waals surface area (Å²) in [6.07, 6.45) is 4.69. The molecule has 1 aliphatic carbocycles. The fraction of sp³-hybridized carbons (Fsp3) is 1.00. The molecule has 2 unspecified atom stereocenters. The van der Waals surface area contributed by atoms with Gasteiger partial charge in [0.25, 0.3) is 0 Å². The van der Waals surface area contributed by atoms with E-state index in [-0.39, 0.29) is 0 Å². The Morgan fingerprint density at radius 2 is 2.36 bits per heavy atom. The van der Waals surface area contributed by atoms with Crippen LogP contribution in [0.15, 0.2) is 0 Å². The van der Waals surface area contributed by atoms with Crippen LogP contribution >= 0.6 is 0 Å². The van der Waals surface area contributed by atoms with E-state index in [9.17, 15) is 0 Å². The van der Waals surface area contributed by atoms with Crippen molar-refractivity contribution in [3.8, 4) is 0 Å². The van der Waals surface area contributed by atoms with E-state index in [1.807, 2.05) is 0 Å². The Labute approximate surface area is 69.0 Å². The van der Waals surface area contributed by atoms with Gasteiger partial charge in [-0.1, -0.05) is 6.42 Å². The lowest BCUT2D eigenvalue weighted by molar-refractivity contribution is 0.352. The van der Waals surface area contributed by atoms with Crippen LogP contribution in [0, 0.1) is 0 Å². The molecule has 2 atom stereocenters. The van der Waals surface area contributed by atoms with Gasteiger partial charge in [0.2, 0.25) is 0 Å². The molecule has 0 aromatic heterocycles. The molecule has 0 aromatic carbocycles. The second kappa shape index (κ2) is 4.75. The third-order valence-corrected chi connectivity index (χ3v) is 2.14. The van der Waals surface area contributed by atoms with Crippen molar-refractivity contribution in [1.29, 1.82) is 0 Å². The van der Waals surface area contributed by atoms with E-state index in [0.29, 0.717) is 12.1 Å². The van der Waals surface area contributed by atoms with Crippen molar-refractivity contribution in [3.05, 3.63) is 0 Å². The minimum atomic E-state index is 0.381. The van der Waals surface area contributed by atoms with Crippen molar-refractivity contribution in [1.82, 2.24) is 5.23 Å². The molecule has 63 valence electrons. The van der Waals surface area contributed by atoms with Crippen LogP contribution in [0.1, 0.15) is 25.7 Å². The molecule has 0 spiro atoms. The molecule has 0 bridgehead atoms. The lowest BCUT2D eigenvalue weighted by Gasteiger charge is -2.26. The monoisotopic (exact) mass is 155 g/mol. The average molecular weight is 155 g/mol. The maximum absolute atomic E-state index is 5.80. The van der Waals surface area contributed by atoms with Crippen molar-refractivity contribution in [2.24, 2.45) is 5.73 Å². The van der Waals surface area contributed by atoms with Crippen LogP contribution in [-0.2, 0) is 4.65 Å². The van der Waals surface area contributed by atoms with Gasteiger partial charge in [-0.3, -0.25) is 0 Å². The largest absolute Gasteiger partial charge is 0.427 e. The first-order valence-electron chi connectivity index (χ1n) is 4.19. The first kappa shape index (κ1) is 9.04. The van der Waals surface area contributed by atoms with Gasteiger partial charge in [0.05, 0.1) is 0 Å². The lowest BCUT2D eigenvalue weighted by Crippen LogP contribution is -2.41. The molecule has 11 heavy (non-hydrogen) atoms. The van der Waals surface area contributed by atoms with E-state index < -0.39 is 0 Å². The van der Waals surface area contributed by atoms with Gasteiger partial charge in [0.15, 0.2) is 0 Å². The second-order valence-corrected chi connectivity index (χ2v) is 3.14. The standard InChI is InChI=1S/C7H16BN2O/c1-11-8-10-7-4-2-3-6(9)5-7/h6-7,10H,2-5,9H2,1H3. The van der Waals surface area contributed by atoms with Gasteiger partial charge in [0, 0.05) is 13.2 Å². The zero-order valence-electron chi connectivity index (χ0n) is 7.05. The van der Waals surface area contributed by atoms with Crippen molar-refractivity contribution < 1.29 is 4.65 Å². The van der Waals surface area contributed by atoms with E-state index in [1.54, 1.807) is 14.7 Å². The van der Waals surface area contributed by atoms with Gasteiger partial charge in [-0.05, 0) is 25.3 Å². The van der Waals surface area contributed by atoms with Crippen LogP contribution in [0.2, 0.25) is 0 Å². The van der Waals surface area contributed by atoms with Crippen molar-refractivity contribution in [3.63, 3.8) is 0 Å². The molecule has 0 heterocycles. The zero-order chi connectivity index (χ0) is 8.10. The molecule has 1 rings (SSSR count). The first-order valence-corrected chi connectivity index (χ1v) is 4.19. The van der Waals surface area contributed by atoms with Gasteiger partial charge in [-0.25, -0.2) is 0 Å². The molecule has 4 heteroatoms. The molecule has 1 saturated carbocycles. The first-order chi connectivity index (χ1) is 5.33. The third-order valence-electron chi connectivity index (χ3n) is 2.14. The van der Waals surface area contributed by atoms with Crippen LogP contribution in [0.5, 0.6) is 0 Å². The number of nitrogens with two attached hydrogens (primary N) is 1. The molecule has 0 aromatic rings. The van der Waals surface area contributed by atoms with Gasteiger partial charge in [-0.15, -0.1) is 0 Å². The van der Waals surface area contributed by atoms with Crippen LogP contribution in [0.4, 0.5) is 0 Å². The molecule has 0 saturated heterocycles. The topological polar surface area (TPSA) is 47.3 Å². The van der Waals surface area contributed by atoms with E-state index in [1.165, 1.54) is 19.3 Å². The summed E-state index contributed by atoms with van der Waals surface area (Å²) in [6, 6.07) is 0.908. The Hall–Kier alpha value is -0.0551. The van der Waals surface area contributed by atoms with Gasteiger partial charge in [0.1, 0.15) is 0 Å². The fourth-order valence-corrected chi connectivity index (χ4v) is 1.54. The Bertz CT molecular complexity index is 113. The predicted octanol–water partition coefficient (Wildman–Crippen LogP) is 0.0265. The Morgan fingerprint density at radius 1 is 1.55 bits per heavy atom. The number of nitrogens with one attached hydrogen (secondary N) is 1. The smallest absolute Gasteiger partial charge is 0.395 e. The summed E-state index contributed by atoms with van der Waals surface area (Å²) >= 11 is 0. The highest BCUT2D eigenvalue weighted by atomic mass is 16.4. The summed E-state index contributed by atoms with van der Waals surface area (Å²) in [7, 11) is 3.29. The summed E-state index contributed by atoms with van der Waals surface area (Å²) in [6.45, 7) is 0. The highest BCUT2D eigenvalue weighted by Crippen LogP contribution is 2.16. The highest BCUT2D eigenvalue weighted by molar-refractivity contribution is 6.23. The van der Waals surface area contributed by atoms with Crippen LogP contribution < -0.4 is 11.0 Å². The predicted molar refractivity (Wildman–Crippen MR) is 46.1 cm³/mol. The average Bonchev–Trinajstić information content (AvgIpc) is 2.01. The highest BCUT2D eigenvalue weighted by Gasteiger charge is 2.18. The normalized spacial score (nSPS) is 31.8. The van der Waals surface area contributed by atoms with Crippen LogP contribution in [0.25, 0.3) is 0 Å². The molecular formula is C7H16BN2O. The number of rotatable bonds is 3. The summed E-state index contributed by atoms with van der Waals surface area (Å²) in [5.74, 6) is 0. The Balaban J connectivity index is 2.12. The van der Waals surface area contributed by atoms with Crippen molar-refractivity contribution >= 4 is 7.62 Å². The maximum Gasteiger partial charge on any atom is 0.395 e. The molecule has 1 fully saturated rings. The molecule has 3 nitrogen and oxygen atoms in total. The Kier molecular flexibility index (Phi) is 3.90. The van der Waals surface area contributed by atoms with E-state index in [4.69, 9.17) is 10.4 Å². The van der Waals surface area contributed by atoms with Gasteiger partial charge < -0.3 is 15.6 Å². The second-order valence-electron chi connectivity index (χ2n) is 3.14. The minimum absolute atomic E-state index is 0.381. The van der Waals surface area contributed by atoms with Crippen molar-refractivity contribution in [2.75, 3.05) is 7.11 Å². The molecule has 1 radical (unpaired) electrons. The molecule has 0 aliphatic heterocycles. The zero-order valence-corrected chi connectivity index (χ0v) is 7.05. The Morgan fingerprint density at radius 3 is 3.00 bits per heavy atom. The van der Waals surface area contributed by atoms with Crippen LogP contribution in [0.3, 0.4) is 0 Å². The third kappa shape index (κ3) is 3.23. The van der Waals surface area contributed by atoms with Gasteiger partial charge >= 0.3 is 7.62 Å².